The summed E-state index contributed by atoms with van der Waals surface area (Å²) in [5, 5.41) is 0. The van der Waals surface area contributed by atoms with Gasteiger partial charge in [-0.15, -0.1) is 0 Å². The van der Waals surface area contributed by atoms with Crippen molar-refractivity contribution in [2.24, 2.45) is 11.7 Å². The normalized spacial score (nSPS) is 14.6. The van der Waals surface area contributed by atoms with E-state index in [2.05, 4.69) is 39.0 Å². The topological polar surface area (TPSA) is 35.2 Å². The number of benzene rings is 1. The van der Waals surface area contributed by atoms with Gasteiger partial charge < -0.3 is 10.5 Å². The minimum absolute atomic E-state index is 0.0104. The van der Waals surface area contributed by atoms with Gasteiger partial charge in [-0.3, -0.25) is 0 Å². The summed E-state index contributed by atoms with van der Waals surface area (Å²) in [6.45, 7) is 7.93. The Labute approximate surface area is 105 Å². The van der Waals surface area contributed by atoms with Crippen molar-refractivity contribution in [2.45, 2.75) is 39.7 Å². The van der Waals surface area contributed by atoms with Crippen LogP contribution in [0.4, 0.5) is 0 Å². The van der Waals surface area contributed by atoms with E-state index in [1.54, 1.807) is 0 Å². The smallest absolute Gasteiger partial charge is 0.0659 e. The number of rotatable bonds is 7. The summed E-state index contributed by atoms with van der Waals surface area (Å²) in [6.07, 6.45) is 2.44. The van der Waals surface area contributed by atoms with Crippen LogP contribution in [0.25, 0.3) is 0 Å². The van der Waals surface area contributed by atoms with Gasteiger partial charge in [-0.1, -0.05) is 50.1 Å². The lowest BCUT2D eigenvalue weighted by molar-refractivity contribution is 0.0909. The Balaban J connectivity index is 2.32. The number of hydrogen-bond donors (Lipinski definition) is 1. The highest BCUT2D eigenvalue weighted by Gasteiger charge is 2.07. The van der Waals surface area contributed by atoms with Crippen molar-refractivity contribution < 1.29 is 4.74 Å². The summed E-state index contributed by atoms with van der Waals surface area (Å²) in [7, 11) is 0. The van der Waals surface area contributed by atoms with Gasteiger partial charge in [0.1, 0.15) is 0 Å². The van der Waals surface area contributed by atoms with E-state index in [0.29, 0.717) is 12.5 Å². The van der Waals surface area contributed by atoms with Crippen molar-refractivity contribution in [1.29, 1.82) is 0 Å². The molecule has 0 fully saturated rings. The molecule has 0 aliphatic rings. The van der Waals surface area contributed by atoms with Gasteiger partial charge >= 0.3 is 0 Å². The van der Waals surface area contributed by atoms with Crippen LogP contribution in [0.2, 0.25) is 0 Å². The summed E-state index contributed by atoms with van der Waals surface area (Å²) >= 11 is 0. The van der Waals surface area contributed by atoms with Crippen molar-refractivity contribution in [3.63, 3.8) is 0 Å². The molecule has 17 heavy (non-hydrogen) atoms. The van der Waals surface area contributed by atoms with E-state index in [9.17, 15) is 0 Å². The average molecular weight is 235 g/mol. The minimum Gasteiger partial charge on any atom is -0.379 e. The second-order valence-corrected chi connectivity index (χ2v) is 4.95. The van der Waals surface area contributed by atoms with Crippen LogP contribution in [0.3, 0.4) is 0 Å². The van der Waals surface area contributed by atoms with E-state index in [0.717, 1.165) is 12.2 Å². The Morgan fingerprint density at radius 2 is 2.06 bits per heavy atom. The average Bonchev–Trinajstić information content (AvgIpc) is 2.29. The number of aryl methyl sites for hydroxylation is 1. The van der Waals surface area contributed by atoms with Crippen LogP contribution in [0, 0.1) is 12.8 Å². The summed E-state index contributed by atoms with van der Waals surface area (Å²) in [4.78, 5) is 0. The molecular weight excluding hydrogens is 210 g/mol. The van der Waals surface area contributed by atoms with Crippen LogP contribution in [-0.4, -0.2) is 13.2 Å². The molecule has 1 aromatic rings. The van der Waals surface area contributed by atoms with Gasteiger partial charge in [-0.05, 0) is 24.8 Å². The van der Waals surface area contributed by atoms with Crippen molar-refractivity contribution in [1.82, 2.24) is 0 Å². The van der Waals surface area contributed by atoms with Crippen molar-refractivity contribution in [3.8, 4) is 0 Å². The van der Waals surface area contributed by atoms with Crippen LogP contribution >= 0.6 is 0 Å². The molecule has 0 aliphatic carbocycles. The fraction of sp³-hybridized carbons (Fsp3) is 0.600. The Bertz CT molecular complexity index is 324. The van der Waals surface area contributed by atoms with Crippen LogP contribution in [0.1, 0.15) is 43.9 Å². The highest BCUT2D eigenvalue weighted by atomic mass is 16.5. The van der Waals surface area contributed by atoms with E-state index < -0.39 is 0 Å². The summed E-state index contributed by atoms with van der Waals surface area (Å²) < 4.78 is 5.68. The first-order chi connectivity index (χ1) is 8.13. The molecule has 2 N–H and O–H groups in total. The zero-order chi connectivity index (χ0) is 12.7. The molecule has 0 amide bonds. The van der Waals surface area contributed by atoms with Crippen LogP contribution in [0.15, 0.2) is 24.3 Å². The third kappa shape index (κ3) is 5.33. The molecule has 2 nitrogen and oxygen atoms in total. The van der Waals surface area contributed by atoms with E-state index in [1.807, 2.05) is 6.07 Å². The molecule has 0 saturated carbocycles. The standard InChI is InChI=1S/C15H25NO/c1-4-6-13(3)10-17-11-15(16)14-8-5-7-12(2)9-14/h5,7-9,13,15H,4,6,10-11,16H2,1-3H3. The fourth-order valence-electron chi connectivity index (χ4n) is 1.97. The van der Waals surface area contributed by atoms with Crippen molar-refractivity contribution >= 4 is 0 Å². The highest BCUT2D eigenvalue weighted by molar-refractivity contribution is 5.24. The maximum atomic E-state index is 6.10. The summed E-state index contributed by atoms with van der Waals surface area (Å²) in [5.41, 5.74) is 8.51. The van der Waals surface area contributed by atoms with Crippen LogP contribution in [0.5, 0.6) is 0 Å². The summed E-state index contributed by atoms with van der Waals surface area (Å²) in [6, 6.07) is 8.31. The molecule has 96 valence electrons. The van der Waals surface area contributed by atoms with Gasteiger partial charge in [0.05, 0.1) is 12.6 Å². The Kier molecular flexibility index (Phi) is 6.23. The molecule has 0 heterocycles. The van der Waals surface area contributed by atoms with Gasteiger partial charge in [0.25, 0.3) is 0 Å². The van der Waals surface area contributed by atoms with Gasteiger partial charge in [0, 0.05) is 6.61 Å². The van der Waals surface area contributed by atoms with Crippen molar-refractivity contribution in [3.05, 3.63) is 35.4 Å². The van der Waals surface area contributed by atoms with Crippen molar-refractivity contribution in [2.75, 3.05) is 13.2 Å². The third-order valence-corrected chi connectivity index (χ3v) is 2.95. The zero-order valence-electron chi connectivity index (χ0n) is 11.3. The van der Waals surface area contributed by atoms with E-state index in [1.165, 1.54) is 18.4 Å². The fourth-order valence-corrected chi connectivity index (χ4v) is 1.97. The molecule has 0 saturated heterocycles. The van der Waals surface area contributed by atoms with Crippen LogP contribution < -0.4 is 5.73 Å². The molecule has 1 aromatic carbocycles. The van der Waals surface area contributed by atoms with Gasteiger partial charge in [0.15, 0.2) is 0 Å². The lowest BCUT2D eigenvalue weighted by atomic mass is 10.1. The largest absolute Gasteiger partial charge is 0.379 e. The number of hydrogen-bond acceptors (Lipinski definition) is 2. The number of ether oxygens (including phenoxy) is 1. The highest BCUT2D eigenvalue weighted by Crippen LogP contribution is 2.13. The quantitative estimate of drug-likeness (QED) is 0.785. The molecule has 0 aliphatic heterocycles. The predicted molar refractivity (Wildman–Crippen MR) is 73.0 cm³/mol. The van der Waals surface area contributed by atoms with Gasteiger partial charge in [0.2, 0.25) is 0 Å². The van der Waals surface area contributed by atoms with Gasteiger partial charge in [-0.2, -0.15) is 0 Å². The Hall–Kier alpha value is -0.860. The first-order valence-electron chi connectivity index (χ1n) is 6.53. The molecule has 1 rings (SSSR count). The molecule has 2 unspecified atom stereocenters. The lowest BCUT2D eigenvalue weighted by Crippen LogP contribution is -2.19. The lowest BCUT2D eigenvalue weighted by Gasteiger charge is -2.15. The Morgan fingerprint density at radius 3 is 2.71 bits per heavy atom. The molecule has 2 heteroatoms. The monoisotopic (exact) mass is 235 g/mol. The molecule has 0 radical (unpaired) electrons. The van der Waals surface area contributed by atoms with Crippen LogP contribution in [-0.2, 0) is 4.74 Å². The van der Waals surface area contributed by atoms with E-state index in [4.69, 9.17) is 10.5 Å². The van der Waals surface area contributed by atoms with E-state index >= 15 is 0 Å². The zero-order valence-corrected chi connectivity index (χ0v) is 11.3. The first kappa shape index (κ1) is 14.2. The second kappa shape index (κ2) is 7.46. The number of nitrogens with two attached hydrogens (primary N) is 1. The Morgan fingerprint density at radius 1 is 1.29 bits per heavy atom. The van der Waals surface area contributed by atoms with E-state index in [-0.39, 0.29) is 6.04 Å². The van der Waals surface area contributed by atoms with Gasteiger partial charge in [-0.25, -0.2) is 0 Å². The SMILES string of the molecule is CCCC(C)COCC(N)c1cccc(C)c1. The second-order valence-electron chi connectivity index (χ2n) is 4.95. The molecule has 0 bridgehead atoms. The third-order valence-electron chi connectivity index (χ3n) is 2.95. The molecule has 0 aromatic heterocycles. The maximum Gasteiger partial charge on any atom is 0.0659 e. The minimum atomic E-state index is -0.0104. The summed E-state index contributed by atoms with van der Waals surface area (Å²) in [5.74, 6) is 0.629. The molecular formula is C15H25NO. The first-order valence-corrected chi connectivity index (χ1v) is 6.53. The predicted octanol–water partition coefficient (Wildman–Crippen LogP) is 3.45. The molecule has 2 atom stereocenters. The molecule has 0 spiro atoms. The maximum absolute atomic E-state index is 6.10.